The van der Waals surface area contributed by atoms with Crippen LogP contribution in [0.4, 0.5) is 0 Å². The SMILES string of the molecule is COc1ccc(Cl)cc1C(O)C(C)C1CC1. The summed E-state index contributed by atoms with van der Waals surface area (Å²) in [6.45, 7) is 2.09. The fraction of sp³-hybridized carbons (Fsp3) is 0.538. The Kier molecular flexibility index (Phi) is 3.41. The van der Waals surface area contributed by atoms with Gasteiger partial charge in [-0.15, -0.1) is 0 Å². The van der Waals surface area contributed by atoms with E-state index in [1.807, 2.05) is 0 Å². The van der Waals surface area contributed by atoms with Crippen molar-refractivity contribution in [1.29, 1.82) is 0 Å². The second-order valence-electron chi connectivity index (χ2n) is 4.53. The van der Waals surface area contributed by atoms with E-state index in [1.165, 1.54) is 12.8 Å². The van der Waals surface area contributed by atoms with Gasteiger partial charge in [0.2, 0.25) is 0 Å². The van der Waals surface area contributed by atoms with Crippen LogP contribution in [0, 0.1) is 11.8 Å². The highest BCUT2D eigenvalue weighted by atomic mass is 35.5. The smallest absolute Gasteiger partial charge is 0.124 e. The lowest BCUT2D eigenvalue weighted by Crippen LogP contribution is -2.12. The average Bonchev–Trinajstić information content (AvgIpc) is 3.11. The third-order valence-electron chi connectivity index (χ3n) is 3.37. The van der Waals surface area contributed by atoms with Crippen LogP contribution in [0.1, 0.15) is 31.4 Å². The maximum atomic E-state index is 10.3. The van der Waals surface area contributed by atoms with Crippen LogP contribution in [0.2, 0.25) is 5.02 Å². The predicted molar refractivity (Wildman–Crippen MR) is 64.9 cm³/mol. The molecule has 0 aromatic heterocycles. The van der Waals surface area contributed by atoms with Crippen molar-refractivity contribution in [3.05, 3.63) is 28.8 Å². The van der Waals surface area contributed by atoms with Crippen LogP contribution < -0.4 is 4.74 Å². The van der Waals surface area contributed by atoms with Crippen LogP contribution in [0.5, 0.6) is 5.75 Å². The number of hydrogen-bond donors (Lipinski definition) is 1. The first-order chi connectivity index (χ1) is 7.63. The van der Waals surface area contributed by atoms with Gasteiger partial charge in [0.05, 0.1) is 13.2 Å². The Balaban J connectivity index is 2.26. The van der Waals surface area contributed by atoms with Gasteiger partial charge in [-0.05, 0) is 42.9 Å². The minimum Gasteiger partial charge on any atom is -0.496 e. The topological polar surface area (TPSA) is 29.5 Å². The third-order valence-corrected chi connectivity index (χ3v) is 3.61. The van der Waals surface area contributed by atoms with Crippen molar-refractivity contribution in [2.75, 3.05) is 7.11 Å². The Bertz CT molecular complexity index is 374. The molecule has 0 aliphatic heterocycles. The number of ether oxygens (including phenoxy) is 1. The zero-order valence-corrected chi connectivity index (χ0v) is 10.4. The molecule has 1 fully saturated rings. The van der Waals surface area contributed by atoms with E-state index in [0.717, 1.165) is 5.56 Å². The number of methoxy groups -OCH3 is 1. The van der Waals surface area contributed by atoms with E-state index < -0.39 is 6.10 Å². The van der Waals surface area contributed by atoms with Crippen molar-refractivity contribution in [3.63, 3.8) is 0 Å². The van der Waals surface area contributed by atoms with Gasteiger partial charge in [0.15, 0.2) is 0 Å². The molecule has 0 heterocycles. The molecule has 3 heteroatoms. The van der Waals surface area contributed by atoms with Crippen molar-refractivity contribution in [1.82, 2.24) is 0 Å². The molecule has 0 spiro atoms. The second kappa shape index (κ2) is 4.64. The summed E-state index contributed by atoms with van der Waals surface area (Å²) in [5.74, 6) is 1.63. The van der Waals surface area contributed by atoms with Crippen LogP contribution >= 0.6 is 11.6 Å². The molecule has 0 amide bonds. The highest BCUT2D eigenvalue weighted by Gasteiger charge is 2.34. The third kappa shape index (κ3) is 2.33. The van der Waals surface area contributed by atoms with E-state index in [4.69, 9.17) is 16.3 Å². The Morgan fingerprint density at radius 2 is 2.12 bits per heavy atom. The van der Waals surface area contributed by atoms with E-state index in [-0.39, 0.29) is 5.92 Å². The van der Waals surface area contributed by atoms with Gasteiger partial charge in [-0.1, -0.05) is 18.5 Å². The van der Waals surface area contributed by atoms with Crippen molar-refractivity contribution in [2.45, 2.75) is 25.9 Å². The van der Waals surface area contributed by atoms with Gasteiger partial charge >= 0.3 is 0 Å². The zero-order valence-electron chi connectivity index (χ0n) is 9.61. The van der Waals surface area contributed by atoms with E-state index in [0.29, 0.717) is 16.7 Å². The number of rotatable bonds is 4. The highest BCUT2D eigenvalue weighted by Crippen LogP contribution is 2.44. The molecular weight excluding hydrogens is 224 g/mol. The normalized spacial score (nSPS) is 19.2. The van der Waals surface area contributed by atoms with Crippen molar-refractivity contribution >= 4 is 11.6 Å². The lowest BCUT2D eigenvalue weighted by Gasteiger charge is -2.21. The summed E-state index contributed by atoms with van der Waals surface area (Å²) in [7, 11) is 1.61. The minimum atomic E-state index is -0.485. The molecule has 1 N–H and O–H groups in total. The van der Waals surface area contributed by atoms with Gasteiger partial charge in [-0.3, -0.25) is 0 Å². The molecule has 2 rings (SSSR count). The molecule has 16 heavy (non-hydrogen) atoms. The largest absolute Gasteiger partial charge is 0.496 e. The Morgan fingerprint density at radius 3 is 2.69 bits per heavy atom. The molecule has 0 radical (unpaired) electrons. The first-order valence-corrected chi connectivity index (χ1v) is 6.02. The number of aliphatic hydroxyl groups is 1. The fourth-order valence-electron chi connectivity index (χ4n) is 2.10. The van der Waals surface area contributed by atoms with Crippen LogP contribution in [0.15, 0.2) is 18.2 Å². The number of hydrogen-bond acceptors (Lipinski definition) is 2. The Hall–Kier alpha value is -0.730. The monoisotopic (exact) mass is 240 g/mol. The van der Waals surface area contributed by atoms with E-state index in [9.17, 15) is 5.11 Å². The lowest BCUT2D eigenvalue weighted by molar-refractivity contribution is 0.103. The van der Waals surface area contributed by atoms with Gasteiger partial charge in [0, 0.05) is 10.6 Å². The van der Waals surface area contributed by atoms with Crippen molar-refractivity contribution < 1.29 is 9.84 Å². The lowest BCUT2D eigenvalue weighted by atomic mass is 9.93. The molecule has 1 saturated carbocycles. The standard InChI is InChI=1S/C13H17ClO2/c1-8(9-3-4-9)13(15)11-7-10(14)5-6-12(11)16-2/h5-9,13,15H,3-4H2,1-2H3. The summed E-state index contributed by atoms with van der Waals surface area (Å²) in [5, 5.41) is 10.9. The molecule has 1 aliphatic rings. The van der Waals surface area contributed by atoms with Gasteiger partial charge in [-0.25, -0.2) is 0 Å². The maximum Gasteiger partial charge on any atom is 0.124 e. The summed E-state index contributed by atoms with van der Waals surface area (Å²) in [6.07, 6.45) is 1.96. The zero-order chi connectivity index (χ0) is 11.7. The van der Waals surface area contributed by atoms with Gasteiger partial charge in [0.1, 0.15) is 5.75 Å². The van der Waals surface area contributed by atoms with Gasteiger partial charge in [0.25, 0.3) is 0 Å². The number of halogens is 1. The molecule has 2 nitrogen and oxygen atoms in total. The highest BCUT2D eigenvalue weighted by molar-refractivity contribution is 6.30. The van der Waals surface area contributed by atoms with E-state index in [2.05, 4.69) is 6.92 Å². The maximum absolute atomic E-state index is 10.3. The molecule has 2 unspecified atom stereocenters. The van der Waals surface area contributed by atoms with E-state index in [1.54, 1.807) is 25.3 Å². The average molecular weight is 241 g/mol. The van der Waals surface area contributed by atoms with Gasteiger partial charge < -0.3 is 9.84 Å². The number of benzene rings is 1. The van der Waals surface area contributed by atoms with Gasteiger partial charge in [-0.2, -0.15) is 0 Å². The van der Waals surface area contributed by atoms with Crippen LogP contribution in [-0.2, 0) is 0 Å². The summed E-state index contributed by atoms with van der Waals surface area (Å²) < 4.78 is 5.25. The van der Waals surface area contributed by atoms with E-state index >= 15 is 0 Å². The molecule has 1 aromatic rings. The molecule has 1 aromatic carbocycles. The predicted octanol–water partition coefficient (Wildman–Crippen LogP) is 3.43. The summed E-state index contributed by atoms with van der Waals surface area (Å²) in [5.41, 5.74) is 0.800. The number of aliphatic hydroxyl groups excluding tert-OH is 1. The van der Waals surface area contributed by atoms with Crippen LogP contribution in [0.3, 0.4) is 0 Å². The summed E-state index contributed by atoms with van der Waals surface area (Å²) in [4.78, 5) is 0. The van der Waals surface area contributed by atoms with Crippen molar-refractivity contribution in [3.8, 4) is 5.75 Å². The summed E-state index contributed by atoms with van der Waals surface area (Å²) >= 11 is 5.95. The molecule has 2 atom stereocenters. The van der Waals surface area contributed by atoms with Crippen LogP contribution in [0.25, 0.3) is 0 Å². The summed E-state index contributed by atoms with van der Waals surface area (Å²) in [6, 6.07) is 5.38. The Labute approximate surface area is 101 Å². The molecule has 88 valence electrons. The fourth-order valence-corrected chi connectivity index (χ4v) is 2.28. The Morgan fingerprint density at radius 1 is 1.44 bits per heavy atom. The van der Waals surface area contributed by atoms with Crippen LogP contribution in [-0.4, -0.2) is 12.2 Å². The molecular formula is C13H17ClO2. The van der Waals surface area contributed by atoms with Crippen molar-refractivity contribution in [2.24, 2.45) is 11.8 Å². The molecule has 1 aliphatic carbocycles. The minimum absolute atomic E-state index is 0.271. The first-order valence-electron chi connectivity index (χ1n) is 5.65. The molecule has 0 saturated heterocycles. The second-order valence-corrected chi connectivity index (χ2v) is 4.96. The quantitative estimate of drug-likeness (QED) is 0.874. The molecule has 0 bridgehead atoms. The first kappa shape index (κ1) is 11.7.